The summed E-state index contributed by atoms with van der Waals surface area (Å²) in [6.07, 6.45) is 5.53. The highest BCUT2D eigenvalue weighted by Crippen LogP contribution is 2.55. The zero-order valence-corrected chi connectivity index (χ0v) is 21.2. The van der Waals surface area contributed by atoms with E-state index < -0.39 is 17.2 Å². The number of amides is 1. The third kappa shape index (κ3) is 4.09. The molecular weight excluding hydrogens is 477 g/mol. The molecule has 5 aliphatic rings. The number of nitrogens with zero attached hydrogens (tertiary/aromatic N) is 4. The molecule has 2 bridgehead atoms. The van der Waals surface area contributed by atoms with E-state index in [1.165, 1.54) is 0 Å². The number of carbonyl (C=O) groups is 1. The van der Waals surface area contributed by atoms with Crippen LogP contribution in [0.15, 0.2) is 33.9 Å². The Morgan fingerprint density at radius 2 is 2.03 bits per heavy atom. The van der Waals surface area contributed by atoms with Crippen LogP contribution >= 0.6 is 0 Å². The van der Waals surface area contributed by atoms with Gasteiger partial charge in [0.05, 0.1) is 12.0 Å². The molecule has 5 fully saturated rings. The van der Waals surface area contributed by atoms with Crippen LogP contribution in [0.2, 0.25) is 0 Å². The molecule has 10 heteroatoms. The van der Waals surface area contributed by atoms with Gasteiger partial charge in [0.2, 0.25) is 5.91 Å². The van der Waals surface area contributed by atoms with Crippen molar-refractivity contribution < 1.29 is 23.7 Å². The lowest BCUT2D eigenvalue weighted by Crippen LogP contribution is -2.58. The second-order valence-electron chi connectivity index (χ2n) is 11.6. The standard InChI is InChI=1S/C27H34FN5O4/c1-2-26(13-19(28)14-26)24(34)33(20-5-3-4-18(12-20)21(29)31-35)15-25-8-10-27(11-9-25,36-16-25)23-30-22(32-37-23)17-6-7-17/h3-5,12,17,19,35H,2,6-11,13-16H2,1H3,(H2,29,31). The maximum absolute atomic E-state index is 14.1. The highest BCUT2D eigenvalue weighted by atomic mass is 19.1. The fourth-order valence-corrected chi connectivity index (χ4v) is 6.37. The Balaban J connectivity index is 1.27. The first-order valence-corrected chi connectivity index (χ1v) is 13.3. The van der Waals surface area contributed by atoms with Crippen molar-refractivity contribution in [2.45, 2.75) is 82.4 Å². The van der Waals surface area contributed by atoms with Crippen molar-refractivity contribution in [2.24, 2.45) is 21.7 Å². The minimum atomic E-state index is -0.948. The zero-order valence-electron chi connectivity index (χ0n) is 21.2. The van der Waals surface area contributed by atoms with Crippen molar-refractivity contribution in [1.82, 2.24) is 10.1 Å². The number of aromatic nitrogens is 2. The molecule has 37 heavy (non-hydrogen) atoms. The number of hydrogen-bond acceptors (Lipinski definition) is 7. The summed E-state index contributed by atoms with van der Waals surface area (Å²) in [5.41, 5.74) is 5.53. The Labute approximate surface area is 215 Å². The van der Waals surface area contributed by atoms with Gasteiger partial charge in [-0.1, -0.05) is 29.4 Å². The average molecular weight is 512 g/mol. The van der Waals surface area contributed by atoms with E-state index >= 15 is 0 Å². The molecule has 7 rings (SSSR count). The van der Waals surface area contributed by atoms with E-state index in [1.807, 2.05) is 13.0 Å². The van der Waals surface area contributed by atoms with Gasteiger partial charge in [-0.15, -0.1) is 0 Å². The topological polar surface area (TPSA) is 127 Å². The number of benzene rings is 1. The summed E-state index contributed by atoms with van der Waals surface area (Å²) in [5, 5.41) is 16.5. The molecule has 0 spiro atoms. The van der Waals surface area contributed by atoms with Crippen LogP contribution in [0.5, 0.6) is 0 Å². The van der Waals surface area contributed by atoms with Crippen LogP contribution in [0.3, 0.4) is 0 Å². The van der Waals surface area contributed by atoms with Crippen molar-refractivity contribution in [1.29, 1.82) is 0 Å². The smallest absolute Gasteiger partial charge is 0.258 e. The number of fused-ring (bicyclic) bond motifs is 3. The number of anilines is 1. The van der Waals surface area contributed by atoms with E-state index in [-0.39, 0.29) is 30.0 Å². The van der Waals surface area contributed by atoms with E-state index in [2.05, 4.69) is 15.3 Å². The predicted octanol–water partition coefficient (Wildman–Crippen LogP) is 4.39. The molecule has 2 aromatic rings. The molecule has 2 aliphatic heterocycles. The van der Waals surface area contributed by atoms with Gasteiger partial charge >= 0.3 is 0 Å². The largest absolute Gasteiger partial charge is 0.409 e. The molecule has 1 aromatic heterocycles. The van der Waals surface area contributed by atoms with Crippen LogP contribution in [0.1, 0.15) is 87.9 Å². The molecular formula is C27H34FN5O4. The minimum absolute atomic E-state index is 0.0290. The number of nitrogens with two attached hydrogens (primary N) is 1. The molecule has 3 aliphatic carbocycles. The number of alkyl halides is 1. The SMILES string of the molecule is CCC1(C(=O)N(CC23CCC(c4nc(C5CC5)no4)(CC2)OC3)c2cccc(/C(N)=N/O)c2)CC(F)C1. The Kier molecular flexibility index (Phi) is 5.78. The van der Waals surface area contributed by atoms with Crippen LogP contribution in [-0.4, -0.2) is 46.4 Å². The lowest BCUT2D eigenvalue weighted by atomic mass is 9.63. The third-order valence-corrected chi connectivity index (χ3v) is 9.20. The first-order chi connectivity index (χ1) is 17.8. The highest BCUT2D eigenvalue weighted by Gasteiger charge is 2.56. The Bertz CT molecular complexity index is 1190. The van der Waals surface area contributed by atoms with Gasteiger partial charge in [-0.05, 0) is 69.9 Å². The lowest BCUT2D eigenvalue weighted by Gasteiger charge is -2.54. The summed E-state index contributed by atoms with van der Waals surface area (Å²) in [7, 11) is 0. The van der Waals surface area contributed by atoms with Gasteiger partial charge in [-0.25, -0.2) is 4.39 Å². The van der Waals surface area contributed by atoms with Gasteiger partial charge < -0.3 is 25.1 Å². The number of rotatable bonds is 8. The molecule has 0 radical (unpaired) electrons. The van der Waals surface area contributed by atoms with Gasteiger partial charge in [0.15, 0.2) is 11.7 Å². The molecule has 1 amide bonds. The normalized spacial score (nSPS) is 33.2. The summed E-state index contributed by atoms with van der Waals surface area (Å²) in [5.74, 6) is 1.69. The van der Waals surface area contributed by atoms with Crippen LogP contribution in [-0.2, 0) is 15.1 Å². The third-order valence-electron chi connectivity index (χ3n) is 9.20. The average Bonchev–Trinajstić information content (AvgIpc) is 3.65. The Hall–Kier alpha value is -3.01. The maximum atomic E-state index is 14.1. The van der Waals surface area contributed by atoms with Gasteiger partial charge in [-0.2, -0.15) is 4.98 Å². The van der Waals surface area contributed by atoms with Gasteiger partial charge in [0.25, 0.3) is 5.89 Å². The van der Waals surface area contributed by atoms with Crippen LogP contribution in [0.4, 0.5) is 10.1 Å². The van der Waals surface area contributed by atoms with Crippen molar-refractivity contribution >= 4 is 17.4 Å². The maximum Gasteiger partial charge on any atom is 0.258 e. The van der Waals surface area contributed by atoms with E-state index in [4.69, 9.17) is 15.0 Å². The minimum Gasteiger partial charge on any atom is -0.409 e. The van der Waals surface area contributed by atoms with E-state index in [0.717, 1.165) is 44.3 Å². The molecule has 0 atom stereocenters. The molecule has 0 unspecified atom stereocenters. The summed E-state index contributed by atoms with van der Waals surface area (Å²) < 4.78 is 26.2. The zero-order chi connectivity index (χ0) is 25.8. The molecule has 2 saturated heterocycles. The molecule has 3 heterocycles. The number of ether oxygens (including phenoxy) is 1. The first kappa shape index (κ1) is 24.3. The number of amidine groups is 1. The molecule has 1 aromatic carbocycles. The second-order valence-corrected chi connectivity index (χ2v) is 11.6. The molecule has 9 nitrogen and oxygen atoms in total. The van der Waals surface area contributed by atoms with E-state index in [1.54, 1.807) is 23.1 Å². The molecule has 198 valence electrons. The van der Waals surface area contributed by atoms with Gasteiger partial charge in [0.1, 0.15) is 11.8 Å². The van der Waals surface area contributed by atoms with Gasteiger partial charge in [0, 0.05) is 29.1 Å². The van der Waals surface area contributed by atoms with Crippen LogP contribution in [0, 0.1) is 10.8 Å². The van der Waals surface area contributed by atoms with Gasteiger partial charge in [-0.3, -0.25) is 4.79 Å². The summed E-state index contributed by atoms with van der Waals surface area (Å²) >= 11 is 0. The van der Waals surface area contributed by atoms with Crippen LogP contribution in [0.25, 0.3) is 0 Å². The number of oxime groups is 1. The highest BCUT2D eigenvalue weighted by molar-refractivity contribution is 6.01. The number of carbonyl (C=O) groups excluding carboxylic acids is 1. The molecule has 3 saturated carbocycles. The van der Waals surface area contributed by atoms with E-state index in [0.29, 0.717) is 42.6 Å². The summed E-state index contributed by atoms with van der Waals surface area (Å²) in [6.45, 7) is 2.88. The van der Waals surface area contributed by atoms with Crippen molar-refractivity contribution in [3.8, 4) is 0 Å². The Morgan fingerprint density at radius 3 is 2.62 bits per heavy atom. The quantitative estimate of drug-likeness (QED) is 0.233. The number of hydrogen-bond donors (Lipinski definition) is 2. The van der Waals surface area contributed by atoms with Crippen molar-refractivity contribution in [3.05, 3.63) is 41.5 Å². The lowest BCUT2D eigenvalue weighted by molar-refractivity contribution is -0.198. The van der Waals surface area contributed by atoms with Crippen LogP contribution < -0.4 is 10.6 Å². The predicted molar refractivity (Wildman–Crippen MR) is 133 cm³/mol. The number of halogens is 1. The summed E-state index contributed by atoms with van der Waals surface area (Å²) in [4.78, 5) is 20.5. The fourth-order valence-electron chi connectivity index (χ4n) is 6.37. The molecule has 3 N–H and O–H groups in total. The van der Waals surface area contributed by atoms with Crippen molar-refractivity contribution in [2.75, 3.05) is 18.1 Å². The fraction of sp³-hybridized carbons (Fsp3) is 0.630. The Morgan fingerprint density at radius 1 is 1.27 bits per heavy atom. The summed E-state index contributed by atoms with van der Waals surface area (Å²) in [6, 6.07) is 7.13. The second kappa shape index (κ2) is 8.79. The first-order valence-electron chi connectivity index (χ1n) is 13.3. The monoisotopic (exact) mass is 511 g/mol. The van der Waals surface area contributed by atoms with Crippen molar-refractivity contribution in [3.63, 3.8) is 0 Å². The van der Waals surface area contributed by atoms with E-state index in [9.17, 15) is 14.4 Å².